The molecule has 0 saturated heterocycles. The first-order valence-corrected chi connectivity index (χ1v) is 5.68. The zero-order valence-electron chi connectivity index (χ0n) is 8.29. The van der Waals surface area contributed by atoms with Crippen LogP contribution in [0.3, 0.4) is 0 Å². The summed E-state index contributed by atoms with van der Waals surface area (Å²) in [6.45, 7) is 4.21. The molecule has 1 aromatic carbocycles. The summed E-state index contributed by atoms with van der Waals surface area (Å²) in [4.78, 5) is 1.31. The Kier molecular flexibility index (Phi) is 4.33. The van der Waals surface area contributed by atoms with E-state index >= 15 is 0 Å². The van der Waals surface area contributed by atoms with Crippen molar-refractivity contribution in [2.45, 2.75) is 31.2 Å². The van der Waals surface area contributed by atoms with Gasteiger partial charge in [0.1, 0.15) is 0 Å². The molecule has 2 N–H and O–H groups in total. The maximum absolute atomic E-state index is 5.68. The maximum atomic E-state index is 5.68. The zero-order valence-corrected chi connectivity index (χ0v) is 9.10. The zero-order chi connectivity index (χ0) is 9.68. The molecule has 2 heteroatoms. The van der Waals surface area contributed by atoms with Gasteiger partial charge >= 0.3 is 0 Å². The van der Waals surface area contributed by atoms with Crippen molar-refractivity contribution in [1.29, 1.82) is 0 Å². The van der Waals surface area contributed by atoms with E-state index < -0.39 is 0 Å². The Bertz CT molecular complexity index is 241. The normalized spacial score (nSPS) is 12.8. The molecule has 0 saturated carbocycles. The number of hydrogen-bond acceptors (Lipinski definition) is 2. The largest absolute Gasteiger partial charge is 0.327 e. The van der Waals surface area contributed by atoms with Gasteiger partial charge < -0.3 is 5.73 Å². The van der Waals surface area contributed by atoms with Crippen LogP contribution in [-0.4, -0.2) is 11.8 Å². The van der Waals surface area contributed by atoms with E-state index in [1.54, 1.807) is 0 Å². The van der Waals surface area contributed by atoms with Crippen molar-refractivity contribution < 1.29 is 0 Å². The lowest BCUT2D eigenvalue weighted by Crippen LogP contribution is -2.17. The molecular weight excluding hydrogens is 178 g/mol. The highest BCUT2D eigenvalue weighted by atomic mass is 32.2. The van der Waals surface area contributed by atoms with Gasteiger partial charge in [0, 0.05) is 16.7 Å². The summed E-state index contributed by atoms with van der Waals surface area (Å²) in [5.41, 5.74) is 7.07. The molecule has 0 radical (unpaired) electrons. The van der Waals surface area contributed by atoms with E-state index in [0.29, 0.717) is 0 Å². The predicted molar refractivity (Wildman–Crippen MR) is 60.2 cm³/mol. The van der Waals surface area contributed by atoms with Crippen molar-refractivity contribution in [1.82, 2.24) is 0 Å². The quantitative estimate of drug-likeness (QED) is 0.748. The number of nitrogens with two attached hydrogens (primary N) is 1. The number of aryl methyl sites for hydroxylation is 1. The smallest absolute Gasteiger partial charge is 0.0129 e. The van der Waals surface area contributed by atoms with Crippen LogP contribution in [0.4, 0.5) is 0 Å². The van der Waals surface area contributed by atoms with Gasteiger partial charge in [0.05, 0.1) is 0 Å². The summed E-state index contributed by atoms with van der Waals surface area (Å²) in [7, 11) is 0. The summed E-state index contributed by atoms with van der Waals surface area (Å²) < 4.78 is 0. The van der Waals surface area contributed by atoms with Crippen LogP contribution >= 0.6 is 11.8 Å². The number of hydrogen-bond donors (Lipinski definition) is 1. The Balaban J connectivity index is 2.49. The number of thioether (sulfide) groups is 1. The van der Waals surface area contributed by atoms with Gasteiger partial charge in [-0.05, 0) is 31.0 Å². The van der Waals surface area contributed by atoms with E-state index in [4.69, 9.17) is 5.73 Å². The van der Waals surface area contributed by atoms with Gasteiger partial charge in [0.25, 0.3) is 0 Å². The van der Waals surface area contributed by atoms with E-state index in [-0.39, 0.29) is 6.04 Å². The minimum absolute atomic E-state index is 0.274. The van der Waals surface area contributed by atoms with Crippen LogP contribution < -0.4 is 5.73 Å². The predicted octanol–water partition coefficient (Wildman–Crippen LogP) is 2.69. The van der Waals surface area contributed by atoms with Crippen molar-refractivity contribution in [2.24, 2.45) is 5.73 Å². The van der Waals surface area contributed by atoms with Crippen LogP contribution in [0.25, 0.3) is 0 Å². The average molecular weight is 195 g/mol. The summed E-state index contributed by atoms with van der Waals surface area (Å²) in [5.74, 6) is 0.992. The Morgan fingerprint density at radius 1 is 1.31 bits per heavy atom. The molecule has 0 amide bonds. The van der Waals surface area contributed by atoms with Crippen molar-refractivity contribution in [3.05, 3.63) is 29.8 Å². The summed E-state index contributed by atoms with van der Waals surface area (Å²) in [6, 6.07) is 8.99. The fourth-order valence-electron chi connectivity index (χ4n) is 1.05. The Labute approximate surface area is 84.7 Å². The second-order valence-corrected chi connectivity index (χ2v) is 4.38. The highest BCUT2D eigenvalue weighted by Gasteiger charge is 1.97. The van der Waals surface area contributed by atoms with Crippen LogP contribution in [0.5, 0.6) is 0 Å². The second-order valence-electron chi connectivity index (χ2n) is 3.29. The molecular formula is C11H17NS. The highest BCUT2D eigenvalue weighted by Crippen LogP contribution is 2.18. The summed E-state index contributed by atoms with van der Waals surface area (Å²) in [5, 5.41) is 0. The SMILES string of the molecule is CCc1ccc(SCC(C)N)cc1. The molecule has 1 aromatic rings. The summed E-state index contributed by atoms with van der Waals surface area (Å²) in [6.07, 6.45) is 1.11. The van der Waals surface area contributed by atoms with Crippen molar-refractivity contribution in [2.75, 3.05) is 5.75 Å². The van der Waals surface area contributed by atoms with Crippen molar-refractivity contribution in [3.8, 4) is 0 Å². The molecule has 0 bridgehead atoms. The molecule has 1 atom stereocenters. The van der Waals surface area contributed by atoms with E-state index in [0.717, 1.165) is 12.2 Å². The van der Waals surface area contributed by atoms with Gasteiger partial charge in [-0.15, -0.1) is 11.8 Å². The lowest BCUT2D eigenvalue weighted by molar-refractivity contribution is 0.847. The first kappa shape index (κ1) is 10.6. The lowest BCUT2D eigenvalue weighted by atomic mass is 10.2. The van der Waals surface area contributed by atoms with Crippen molar-refractivity contribution in [3.63, 3.8) is 0 Å². The van der Waals surface area contributed by atoms with Crippen LogP contribution in [-0.2, 0) is 6.42 Å². The van der Waals surface area contributed by atoms with E-state index in [9.17, 15) is 0 Å². The third-order valence-electron chi connectivity index (χ3n) is 1.84. The summed E-state index contributed by atoms with van der Waals surface area (Å²) >= 11 is 1.82. The highest BCUT2D eigenvalue weighted by molar-refractivity contribution is 7.99. The van der Waals surface area contributed by atoms with Gasteiger partial charge in [-0.25, -0.2) is 0 Å². The third-order valence-corrected chi connectivity index (χ3v) is 3.14. The Morgan fingerprint density at radius 3 is 2.38 bits per heavy atom. The fraction of sp³-hybridized carbons (Fsp3) is 0.455. The van der Waals surface area contributed by atoms with Gasteiger partial charge in [-0.2, -0.15) is 0 Å². The van der Waals surface area contributed by atoms with E-state index in [2.05, 4.69) is 31.2 Å². The molecule has 0 fully saturated rings. The standard InChI is InChI=1S/C11H17NS/c1-3-10-4-6-11(7-5-10)13-8-9(2)12/h4-7,9H,3,8,12H2,1-2H3. The molecule has 13 heavy (non-hydrogen) atoms. The first-order valence-electron chi connectivity index (χ1n) is 4.69. The Hall–Kier alpha value is -0.470. The first-order chi connectivity index (χ1) is 6.22. The number of benzene rings is 1. The molecule has 0 aromatic heterocycles. The molecule has 1 nitrogen and oxygen atoms in total. The molecule has 0 heterocycles. The van der Waals surface area contributed by atoms with Crippen LogP contribution in [0, 0.1) is 0 Å². The fourth-order valence-corrected chi connectivity index (χ4v) is 1.83. The molecule has 1 unspecified atom stereocenters. The van der Waals surface area contributed by atoms with Crippen LogP contribution in [0.1, 0.15) is 19.4 Å². The third kappa shape index (κ3) is 3.83. The monoisotopic (exact) mass is 195 g/mol. The van der Waals surface area contributed by atoms with E-state index in [1.807, 2.05) is 18.7 Å². The van der Waals surface area contributed by atoms with Gasteiger partial charge in [-0.1, -0.05) is 19.1 Å². The molecule has 0 aliphatic heterocycles. The van der Waals surface area contributed by atoms with E-state index in [1.165, 1.54) is 10.5 Å². The average Bonchev–Trinajstić information content (AvgIpc) is 2.15. The maximum Gasteiger partial charge on any atom is 0.0129 e. The molecule has 0 spiro atoms. The molecule has 0 aliphatic carbocycles. The molecule has 0 aliphatic rings. The topological polar surface area (TPSA) is 26.0 Å². The second kappa shape index (κ2) is 5.30. The minimum atomic E-state index is 0.274. The Morgan fingerprint density at radius 2 is 1.92 bits per heavy atom. The van der Waals surface area contributed by atoms with Crippen LogP contribution in [0.2, 0.25) is 0 Å². The van der Waals surface area contributed by atoms with Gasteiger partial charge in [0.15, 0.2) is 0 Å². The van der Waals surface area contributed by atoms with Crippen molar-refractivity contribution >= 4 is 11.8 Å². The number of rotatable bonds is 4. The minimum Gasteiger partial charge on any atom is -0.327 e. The molecule has 72 valence electrons. The van der Waals surface area contributed by atoms with Gasteiger partial charge in [0.2, 0.25) is 0 Å². The molecule has 1 rings (SSSR count). The van der Waals surface area contributed by atoms with Gasteiger partial charge in [-0.3, -0.25) is 0 Å². The van der Waals surface area contributed by atoms with Crippen LogP contribution in [0.15, 0.2) is 29.2 Å². The lowest BCUT2D eigenvalue weighted by Gasteiger charge is -2.05.